The summed E-state index contributed by atoms with van der Waals surface area (Å²) in [5.41, 5.74) is 0. The molecule has 0 aliphatic rings. The molecule has 0 bridgehead atoms. The summed E-state index contributed by atoms with van der Waals surface area (Å²) in [6.45, 7) is 4.18. The van der Waals surface area contributed by atoms with Crippen LogP contribution in [0.15, 0.2) is 134 Å². The number of rotatable bonds is 50. The van der Waals surface area contributed by atoms with Gasteiger partial charge in [-0.15, -0.1) is 0 Å². The van der Waals surface area contributed by atoms with Crippen LogP contribution in [0, 0.1) is 0 Å². The maximum absolute atomic E-state index is 12.5. The van der Waals surface area contributed by atoms with Crippen molar-refractivity contribution in [3.63, 3.8) is 0 Å². The quantitative estimate of drug-likeness (QED) is 0.0420. The molecule has 68 heavy (non-hydrogen) atoms. The average Bonchev–Trinajstić information content (AvgIpc) is 3.34. The van der Waals surface area contributed by atoms with Crippen molar-refractivity contribution in [3.05, 3.63) is 134 Å². The van der Waals surface area contributed by atoms with Crippen LogP contribution in [0.2, 0.25) is 0 Å². The van der Waals surface area contributed by atoms with Crippen LogP contribution in [-0.2, 0) is 4.79 Å². The van der Waals surface area contributed by atoms with E-state index in [-0.39, 0.29) is 12.5 Å². The topological polar surface area (TPSA) is 69.6 Å². The Morgan fingerprint density at radius 3 is 0.971 bits per heavy atom. The number of aliphatic hydroxyl groups is 2. The maximum atomic E-state index is 12.5. The van der Waals surface area contributed by atoms with Crippen LogP contribution in [0.4, 0.5) is 0 Å². The summed E-state index contributed by atoms with van der Waals surface area (Å²) in [4.78, 5) is 12.5. The third-order valence-electron chi connectivity index (χ3n) is 12.1. The van der Waals surface area contributed by atoms with Gasteiger partial charge in [0.1, 0.15) is 0 Å². The SMILES string of the molecule is CC/C=C\C/C=C\C/C=C\C/C=C\C/C=C\C/C=C\C/C=C\C/C=C\C/C=C\C/C=C\CCCCC(=O)NC(CO)C(O)/C=C/CCCCCCCCCCCCCCCCCCCCCCC. The highest BCUT2D eigenvalue weighted by atomic mass is 16.3. The number of carbonyl (C=O) groups is 1. The van der Waals surface area contributed by atoms with Gasteiger partial charge in [-0.2, -0.15) is 0 Å². The van der Waals surface area contributed by atoms with E-state index in [2.05, 4.69) is 141 Å². The van der Waals surface area contributed by atoms with Gasteiger partial charge in [-0.05, 0) is 96.3 Å². The van der Waals surface area contributed by atoms with Gasteiger partial charge >= 0.3 is 0 Å². The normalized spacial score (nSPS) is 13.9. The standard InChI is InChI=1S/C64H107NO3/c1-3-5-7-9-11-13-15-17-19-21-23-25-27-28-29-30-31-32-33-34-35-36-38-40-42-44-46-48-50-52-54-56-58-60-64(68)65-62(61-66)63(67)59-57-55-53-51-49-47-45-43-41-39-37-26-24-22-20-18-16-14-12-10-8-6-4-2/h5,7,11,13,17,19,23,25,28-29,31-32,34-35,38,40,44,46,50,52,57,59,62-63,66-67H,3-4,6,8-10,12,14-16,18,20-22,24,26-27,30,33,36-37,39,41-43,45,47-49,51,53-56,58,60-61H2,1-2H3,(H,65,68)/b7-5-,13-11-,19-17-,25-23-,29-28-,32-31-,35-34-,40-38-,46-44-,52-50-,59-57+. The van der Waals surface area contributed by atoms with Crippen molar-refractivity contribution in [2.24, 2.45) is 0 Å². The van der Waals surface area contributed by atoms with E-state index in [1.54, 1.807) is 6.08 Å². The van der Waals surface area contributed by atoms with Crippen LogP contribution in [0.1, 0.15) is 245 Å². The fourth-order valence-electron chi connectivity index (χ4n) is 7.85. The summed E-state index contributed by atoms with van der Waals surface area (Å²) in [6, 6.07) is -0.657. The van der Waals surface area contributed by atoms with Crippen LogP contribution < -0.4 is 5.32 Å². The van der Waals surface area contributed by atoms with Crippen molar-refractivity contribution in [1.29, 1.82) is 0 Å². The Balaban J connectivity index is 3.70. The third kappa shape index (κ3) is 53.5. The number of amides is 1. The molecule has 0 aromatic rings. The van der Waals surface area contributed by atoms with E-state index >= 15 is 0 Å². The fourth-order valence-corrected chi connectivity index (χ4v) is 7.85. The highest BCUT2D eigenvalue weighted by Crippen LogP contribution is 2.16. The molecular formula is C64H107NO3. The van der Waals surface area contributed by atoms with Crippen LogP contribution in [0.3, 0.4) is 0 Å². The van der Waals surface area contributed by atoms with E-state index in [4.69, 9.17) is 0 Å². The first-order valence-corrected chi connectivity index (χ1v) is 28.4. The molecule has 0 saturated heterocycles. The molecule has 4 nitrogen and oxygen atoms in total. The molecule has 386 valence electrons. The lowest BCUT2D eigenvalue weighted by molar-refractivity contribution is -0.123. The van der Waals surface area contributed by atoms with Gasteiger partial charge in [0.25, 0.3) is 0 Å². The zero-order chi connectivity index (χ0) is 49.2. The molecule has 1 amide bonds. The van der Waals surface area contributed by atoms with Crippen molar-refractivity contribution in [3.8, 4) is 0 Å². The average molecular weight is 939 g/mol. The molecule has 0 aliphatic carbocycles. The van der Waals surface area contributed by atoms with E-state index in [1.807, 2.05) is 6.08 Å². The van der Waals surface area contributed by atoms with Crippen LogP contribution in [-0.4, -0.2) is 34.9 Å². The second kappa shape index (κ2) is 57.8. The molecule has 4 heteroatoms. The van der Waals surface area contributed by atoms with Crippen molar-refractivity contribution in [2.45, 2.75) is 257 Å². The Morgan fingerprint density at radius 2 is 0.647 bits per heavy atom. The number of hydrogen-bond donors (Lipinski definition) is 3. The summed E-state index contributed by atoms with van der Waals surface area (Å²) >= 11 is 0. The molecule has 2 atom stereocenters. The zero-order valence-corrected chi connectivity index (χ0v) is 44.3. The Bertz CT molecular complexity index is 1390. The minimum atomic E-state index is -0.869. The Labute approximate surface area is 421 Å². The summed E-state index contributed by atoms with van der Waals surface area (Å²) < 4.78 is 0. The van der Waals surface area contributed by atoms with Gasteiger partial charge in [0, 0.05) is 6.42 Å². The van der Waals surface area contributed by atoms with Crippen LogP contribution in [0.25, 0.3) is 0 Å². The predicted molar refractivity (Wildman–Crippen MR) is 303 cm³/mol. The number of unbranched alkanes of at least 4 members (excludes halogenated alkanes) is 23. The number of nitrogens with one attached hydrogen (secondary N) is 1. The molecule has 2 unspecified atom stereocenters. The largest absolute Gasteiger partial charge is 0.394 e. The Morgan fingerprint density at radius 1 is 0.368 bits per heavy atom. The second-order valence-electron chi connectivity index (χ2n) is 18.6. The van der Waals surface area contributed by atoms with Crippen molar-refractivity contribution >= 4 is 5.91 Å². The number of carbonyl (C=O) groups excluding carboxylic acids is 1. The molecule has 0 aromatic heterocycles. The highest BCUT2D eigenvalue weighted by molar-refractivity contribution is 5.76. The minimum absolute atomic E-state index is 0.110. The Kier molecular flexibility index (Phi) is 54.9. The van der Waals surface area contributed by atoms with Gasteiger partial charge < -0.3 is 15.5 Å². The van der Waals surface area contributed by atoms with Crippen LogP contribution in [0.5, 0.6) is 0 Å². The van der Waals surface area contributed by atoms with Crippen molar-refractivity contribution in [1.82, 2.24) is 5.32 Å². The molecule has 0 radical (unpaired) electrons. The van der Waals surface area contributed by atoms with Gasteiger partial charge in [0.2, 0.25) is 5.91 Å². The first-order valence-electron chi connectivity index (χ1n) is 28.4. The molecule has 3 N–H and O–H groups in total. The van der Waals surface area contributed by atoms with E-state index in [1.165, 1.54) is 128 Å². The lowest BCUT2D eigenvalue weighted by atomic mass is 10.0. The lowest BCUT2D eigenvalue weighted by Crippen LogP contribution is -2.45. The predicted octanol–water partition coefficient (Wildman–Crippen LogP) is 19.0. The van der Waals surface area contributed by atoms with E-state index in [0.717, 1.165) is 96.3 Å². The third-order valence-corrected chi connectivity index (χ3v) is 12.1. The van der Waals surface area contributed by atoms with Crippen molar-refractivity contribution in [2.75, 3.05) is 6.61 Å². The molecular weight excluding hydrogens is 831 g/mol. The van der Waals surface area contributed by atoms with Gasteiger partial charge in [0.05, 0.1) is 18.8 Å². The first-order chi connectivity index (χ1) is 33.7. The molecule has 0 aromatic carbocycles. The highest BCUT2D eigenvalue weighted by Gasteiger charge is 2.17. The molecule has 0 fully saturated rings. The van der Waals surface area contributed by atoms with Crippen molar-refractivity contribution < 1.29 is 15.0 Å². The summed E-state index contributed by atoms with van der Waals surface area (Å²) in [7, 11) is 0. The number of allylic oxidation sites excluding steroid dienone is 21. The summed E-state index contributed by atoms with van der Waals surface area (Å²) in [5.74, 6) is -0.110. The minimum Gasteiger partial charge on any atom is -0.394 e. The molecule has 0 heterocycles. The van der Waals surface area contributed by atoms with E-state index < -0.39 is 12.1 Å². The van der Waals surface area contributed by atoms with Gasteiger partial charge in [0.15, 0.2) is 0 Å². The maximum Gasteiger partial charge on any atom is 0.220 e. The second-order valence-corrected chi connectivity index (χ2v) is 18.6. The molecule has 0 saturated carbocycles. The van der Waals surface area contributed by atoms with Gasteiger partial charge in [-0.25, -0.2) is 0 Å². The van der Waals surface area contributed by atoms with Gasteiger partial charge in [-0.3, -0.25) is 4.79 Å². The van der Waals surface area contributed by atoms with E-state index in [0.29, 0.717) is 6.42 Å². The Hall–Kier alpha value is -3.47. The smallest absolute Gasteiger partial charge is 0.220 e. The molecule has 0 spiro atoms. The zero-order valence-electron chi connectivity index (χ0n) is 44.3. The number of aliphatic hydroxyl groups excluding tert-OH is 2. The lowest BCUT2D eigenvalue weighted by Gasteiger charge is -2.19. The molecule has 0 aliphatic heterocycles. The fraction of sp³-hybridized carbons (Fsp3) is 0.641. The summed E-state index contributed by atoms with van der Waals surface area (Å²) in [6.07, 6.45) is 90.3. The first kappa shape index (κ1) is 64.5. The van der Waals surface area contributed by atoms with Crippen LogP contribution >= 0.6 is 0 Å². The monoisotopic (exact) mass is 938 g/mol. The summed E-state index contributed by atoms with van der Waals surface area (Å²) in [5, 5.41) is 23.1. The molecule has 0 rings (SSSR count). The van der Waals surface area contributed by atoms with E-state index in [9.17, 15) is 15.0 Å². The van der Waals surface area contributed by atoms with Gasteiger partial charge in [-0.1, -0.05) is 276 Å². The number of hydrogen-bond acceptors (Lipinski definition) is 3.